The van der Waals surface area contributed by atoms with Gasteiger partial charge in [-0.15, -0.1) is 0 Å². The van der Waals surface area contributed by atoms with Gasteiger partial charge in [-0.2, -0.15) is 9.41 Å². The van der Waals surface area contributed by atoms with E-state index in [9.17, 15) is 28.6 Å². The standard InChI is InChI=1S/C22H28N6O6S/c1-3-25(4-2)21-11-9-18(27(29)30)14-17(21)16-23-24-20-10-8-19(28(31)32)15-22(20)35(33,34)26-12-6-5-7-13-26/h8-11,14-16,24H,3-7,12-13H2,1-2H3/b23-16+. The van der Waals surface area contributed by atoms with E-state index in [-0.39, 0.29) is 22.0 Å². The number of nitrogens with zero attached hydrogens (tertiary/aromatic N) is 5. The molecule has 0 aliphatic carbocycles. The molecule has 0 bridgehead atoms. The maximum absolute atomic E-state index is 13.3. The molecule has 0 aromatic heterocycles. The van der Waals surface area contributed by atoms with Gasteiger partial charge in [0.1, 0.15) is 4.90 Å². The summed E-state index contributed by atoms with van der Waals surface area (Å²) in [7, 11) is -4.00. The third-order valence-corrected chi connectivity index (χ3v) is 7.76. The predicted octanol–water partition coefficient (Wildman–Crippen LogP) is 3.97. The van der Waals surface area contributed by atoms with Gasteiger partial charge in [-0.25, -0.2) is 8.42 Å². The number of hydrazone groups is 1. The second kappa shape index (κ2) is 11.2. The monoisotopic (exact) mass is 504 g/mol. The molecule has 13 heteroatoms. The first kappa shape index (κ1) is 26.0. The number of hydrogen-bond acceptors (Lipinski definition) is 9. The highest BCUT2D eigenvalue weighted by molar-refractivity contribution is 7.89. The summed E-state index contributed by atoms with van der Waals surface area (Å²) in [4.78, 5) is 23.2. The zero-order chi connectivity index (χ0) is 25.6. The number of benzene rings is 2. The van der Waals surface area contributed by atoms with E-state index in [1.807, 2.05) is 18.7 Å². The summed E-state index contributed by atoms with van der Waals surface area (Å²) in [5.74, 6) is 0. The van der Waals surface area contributed by atoms with E-state index in [4.69, 9.17) is 0 Å². The minimum Gasteiger partial charge on any atom is -0.372 e. The first-order valence-corrected chi connectivity index (χ1v) is 12.7. The van der Waals surface area contributed by atoms with Gasteiger partial charge in [-0.05, 0) is 38.8 Å². The third kappa shape index (κ3) is 5.92. The SMILES string of the molecule is CCN(CC)c1ccc([N+](=O)[O-])cc1/C=N/Nc1ccc([N+](=O)[O-])cc1S(=O)(=O)N1CCCCC1. The number of nitro groups is 2. The zero-order valence-electron chi connectivity index (χ0n) is 19.6. The number of anilines is 2. The highest BCUT2D eigenvalue weighted by atomic mass is 32.2. The molecule has 1 N–H and O–H groups in total. The van der Waals surface area contributed by atoms with Crippen molar-refractivity contribution < 1.29 is 18.3 Å². The Morgan fingerprint density at radius 3 is 2.20 bits per heavy atom. The van der Waals surface area contributed by atoms with Gasteiger partial charge in [-0.1, -0.05) is 6.42 Å². The molecular weight excluding hydrogens is 476 g/mol. The first-order chi connectivity index (χ1) is 16.7. The number of sulfonamides is 1. The maximum atomic E-state index is 13.3. The van der Waals surface area contributed by atoms with Crippen LogP contribution >= 0.6 is 0 Å². The van der Waals surface area contributed by atoms with Crippen molar-refractivity contribution in [3.8, 4) is 0 Å². The molecule has 12 nitrogen and oxygen atoms in total. The number of piperidine rings is 1. The fraction of sp³-hybridized carbons (Fsp3) is 0.409. The van der Waals surface area contributed by atoms with Crippen LogP contribution in [0.2, 0.25) is 0 Å². The maximum Gasteiger partial charge on any atom is 0.270 e. The number of nitrogens with one attached hydrogen (secondary N) is 1. The van der Waals surface area contributed by atoms with Crippen LogP contribution in [0.25, 0.3) is 0 Å². The molecular formula is C22H28N6O6S. The molecule has 0 radical (unpaired) electrons. The highest BCUT2D eigenvalue weighted by Gasteiger charge is 2.30. The quantitative estimate of drug-likeness (QED) is 0.290. The Hall–Kier alpha value is -3.58. The fourth-order valence-corrected chi connectivity index (χ4v) is 5.64. The van der Waals surface area contributed by atoms with E-state index in [1.165, 1.54) is 34.8 Å². The lowest BCUT2D eigenvalue weighted by Crippen LogP contribution is -2.35. The molecule has 0 atom stereocenters. The second-order valence-electron chi connectivity index (χ2n) is 7.94. The summed E-state index contributed by atoms with van der Waals surface area (Å²) in [6.45, 7) is 5.94. The Labute approximate surface area is 203 Å². The van der Waals surface area contributed by atoms with Gasteiger partial charge in [0.25, 0.3) is 11.4 Å². The molecule has 1 heterocycles. The van der Waals surface area contributed by atoms with Crippen molar-refractivity contribution in [3.05, 3.63) is 62.2 Å². The molecule has 0 saturated carbocycles. The number of rotatable bonds is 10. The molecule has 0 unspecified atom stereocenters. The largest absolute Gasteiger partial charge is 0.372 e. The summed E-state index contributed by atoms with van der Waals surface area (Å²) >= 11 is 0. The fourth-order valence-electron chi connectivity index (χ4n) is 3.96. The zero-order valence-corrected chi connectivity index (χ0v) is 20.4. The van der Waals surface area contributed by atoms with Crippen molar-refractivity contribution in [2.75, 3.05) is 36.5 Å². The molecule has 0 amide bonds. The summed E-state index contributed by atoms with van der Waals surface area (Å²) in [5, 5.41) is 26.7. The second-order valence-corrected chi connectivity index (χ2v) is 9.85. The minimum absolute atomic E-state index is 0.0762. The Morgan fingerprint density at radius 2 is 1.60 bits per heavy atom. The van der Waals surface area contributed by atoms with Crippen LogP contribution in [0.15, 0.2) is 46.4 Å². The van der Waals surface area contributed by atoms with Crippen LogP contribution in [0.4, 0.5) is 22.7 Å². The van der Waals surface area contributed by atoms with Gasteiger partial charge in [0.05, 0.1) is 21.7 Å². The minimum atomic E-state index is -4.00. The molecule has 35 heavy (non-hydrogen) atoms. The van der Waals surface area contributed by atoms with Crippen molar-refractivity contribution >= 4 is 39.0 Å². The van der Waals surface area contributed by atoms with Gasteiger partial charge in [0, 0.05) is 61.7 Å². The van der Waals surface area contributed by atoms with Gasteiger partial charge in [0.2, 0.25) is 10.0 Å². The molecule has 0 spiro atoms. The topological polar surface area (TPSA) is 151 Å². The van der Waals surface area contributed by atoms with Gasteiger partial charge < -0.3 is 4.90 Å². The van der Waals surface area contributed by atoms with Gasteiger partial charge in [-0.3, -0.25) is 25.7 Å². The van der Waals surface area contributed by atoms with Crippen LogP contribution in [0.3, 0.4) is 0 Å². The molecule has 1 fully saturated rings. The van der Waals surface area contributed by atoms with Crippen LogP contribution < -0.4 is 10.3 Å². The van der Waals surface area contributed by atoms with E-state index in [0.29, 0.717) is 31.7 Å². The van der Waals surface area contributed by atoms with Crippen LogP contribution in [-0.4, -0.2) is 55.0 Å². The lowest BCUT2D eigenvalue weighted by atomic mass is 10.1. The van der Waals surface area contributed by atoms with E-state index >= 15 is 0 Å². The normalized spacial score (nSPS) is 14.7. The average molecular weight is 505 g/mol. The molecule has 188 valence electrons. The van der Waals surface area contributed by atoms with Crippen molar-refractivity contribution in [3.63, 3.8) is 0 Å². The van der Waals surface area contributed by atoms with E-state index < -0.39 is 19.9 Å². The number of non-ortho nitro benzene ring substituents is 2. The molecule has 1 aliphatic heterocycles. The lowest BCUT2D eigenvalue weighted by molar-refractivity contribution is -0.385. The number of hydrogen-bond donors (Lipinski definition) is 1. The van der Waals surface area contributed by atoms with Crippen LogP contribution in [0.1, 0.15) is 38.7 Å². The molecule has 1 aliphatic rings. The van der Waals surface area contributed by atoms with E-state index in [2.05, 4.69) is 10.5 Å². The Morgan fingerprint density at radius 1 is 1.00 bits per heavy atom. The molecule has 1 saturated heterocycles. The predicted molar refractivity (Wildman–Crippen MR) is 134 cm³/mol. The van der Waals surface area contributed by atoms with Gasteiger partial charge in [0.15, 0.2) is 0 Å². The van der Waals surface area contributed by atoms with Crippen LogP contribution in [0.5, 0.6) is 0 Å². The molecule has 3 rings (SSSR count). The first-order valence-electron chi connectivity index (χ1n) is 11.3. The van der Waals surface area contributed by atoms with Crippen molar-refractivity contribution in [1.29, 1.82) is 0 Å². The summed E-state index contributed by atoms with van der Waals surface area (Å²) in [6.07, 6.45) is 3.74. The average Bonchev–Trinajstić information content (AvgIpc) is 2.85. The summed E-state index contributed by atoms with van der Waals surface area (Å²) in [6, 6.07) is 7.96. The Bertz CT molecular complexity index is 1220. The van der Waals surface area contributed by atoms with Crippen molar-refractivity contribution in [2.45, 2.75) is 38.0 Å². The van der Waals surface area contributed by atoms with Crippen LogP contribution in [-0.2, 0) is 10.0 Å². The third-order valence-electron chi connectivity index (χ3n) is 5.82. The summed E-state index contributed by atoms with van der Waals surface area (Å²) in [5.41, 5.74) is 3.50. The smallest absolute Gasteiger partial charge is 0.270 e. The summed E-state index contributed by atoms with van der Waals surface area (Å²) < 4.78 is 27.9. The molecule has 2 aromatic carbocycles. The van der Waals surface area contributed by atoms with Crippen molar-refractivity contribution in [1.82, 2.24) is 4.31 Å². The Kier molecular flexibility index (Phi) is 8.35. The van der Waals surface area contributed by atoms with Crippen LogP contribution in [0, 0.1) is 20.2 Å². The molecule has 2 aromatic rings. The van der Waals surface area contributed by atoms with E-state index in [0.717, 1.165) is 31.0 Å². The van der Waals surface area contributed by atoms with Crippen molar-refractivity contribution in [2.24, 2.45) is 5.10 Å². The number of nitro benzene ring substituents is 2. The lowest BCUT2D eigenvalue weighted by Gasteiger charge is -2.26. The highest BCUT2D eigenvalue weighted by Crippen LogP contribution is 2.31. The van der Waals surface area contributed by atoms with E-state index in [1.54, 1.807) is 6.07 Å². The Balaban J connectivity index is 1.99. The van der Waals surface area contributed by atoms with Gasteiger partial charge >= 0.3 is 0 Å².